The van der Waals surface area contributed by atoms with Crippen molar-refractivity contribution in [2.45, 2.75) is 32.7 Å². The van der Waals surface area contributed by atoms with Crippen LogP contribution < -0.4 is 5.32 Å². The van der Waals surface area contributed by atoms with Gasteiger partial charge in [0, 0.05) is 5.92 Å². The third-order valence-corrected chi connectivity index (χ3v) is 4.92. The van der Waals surface area contributed by atoms with Crippen molar-refractivity contribution in [3.8, 4) is 11.1 Å². The van der Waals surface area contributed by atoms with Gasteiger partial charge in [0.15, 0.2) is 0 Å². The van der Waals surface area contributed by atoms with Crippen LogP contribution in [0.5, 0.6) is 0 Å². The topological polar surface area (TPSA) is 55.4 Å². The number of benzene rings is 2. The third-order valence-electron chi connectivity index (χ3n) is 4.70. The number of carbonyl (C=O) groups is 2. The number of fused-ring (bicyclic) bond motifs is 3. The molecule has 2 aromatic rings. The van der Waals surface area contributed by atoms with E-state index < -0.39 is 22.8 Å². The van der Waals surface area contributed by atoms with Gasteiger partial charge < -0.3 is 10.1 Å². The van der Waals surface area contributed by atoms with Crippen LogP contribution >= 0.6 is 11.6 Å². The molecule has 0 heterocycles. The summed E-state index contributed by atoms with van der Waals surface area (Å²) in [7, 11) is 0. The minimum absolute atomic E-state index is 0.0204. The molecule has 0 aromatic heterocycles. The molecule has 0 spiro atoms. The Bertz CT molecular complexity index is 796. The van der Waals surface area contributed by atoms with Crippen molar-refractivity contribution >= 4 is 22.9 Å². The highest BCUT2D eigenvalue weighted by Crippen LogP contribution is 2.44. The molecule has 0 saturated heterocycles. The summed E-state index contributed by atoms with van der Waals surface area (Å²) in [5, 5.41) is 1.98. The van der Waals surface area contributed by atoms with Crippen molar-refractivity contribution in [2.75, 3.05) is 6.61 Å². The predicted octanol–water partition coefficient (Wildman–Crippen LogP) is 4.71. The highest BCUT2D eigenvalue weighted by Gasteiger charge is 2.33. The van der Waals surface area contributed by atoms with Crippen LogP contribution in [0.15, 0.2) is 48.5 Å². The van der Waals surface area contributed by atoms with Crippen molar-refractivity contribution in [3.63, 3.8) is 0 Å². The fourth-order valence-corrected chi connectivity index (χ4v) is 3.75. The lowest BCUT2D eigenvalue weighted by molar-refractivity contribution is -0.115. The summed E-state index contributed by atoms with van der Waals surface area (Å²) in [5.41, 5.74) is 4.12. The molecular formula is C21H22ClNO3. The maximum absolute atomic E-state index is 12.2. The summed E-state index contributed by atoms with van der Waals surface area (Å²) in [4.78, 5) is 23.9. The van der Waals surface area contributed by atoms with E-state index in [9.17, 15) is 9.59 Å². The lowest BCUT2D eigenvalue weighted by Crippen LogP contribution is -2.47. The van der Waals surface area contributed by atoms with Crippen LogP contribution in [0.25, 0.3) is 11.1 Å². The molecule has 5 heteroatoms. The average molecular weight is 372 g/mol. The fourth-order valence-electron chi connectivity index (χ4n) is 3.37. The van der Waals surface area contributed by atoms with Crippen LogP contribution in [0, 0.1) is 5.41 Å². The summed E-state index contributed by atoms with van der Waals surface area (Å²) < 4.78 is 5.45. The van der Waals surface area contributed by atoms with Crippen molar-refractivity contribution < 1.29 is 14.3 Å². The maximum Gasteiger partial charge on any atom is 0.407 e. The van der Waals surface area contributed by atoms with E-state index in [-0.39, 0.29) is 12.5 Å². The molecule has 0 radical (unpaired) electrons. The van der Waals surface area contributed by atoms with Gasteiger partial charge in [-0.1, -0.05) is 69.3 Å². The van der Waals surface area contributed by atoms with Gasteiger partial charge in [-0.2, -0.15) is 0 Å². The molecule has 0 bridgehead atoms. The molecule has 1 unspecified atom stereocenters. The molecule has 1 amide bonds. The number of alkyl carbamates (subject to hydrolysis) is 1. The van der Waals surface area contributed by atoms with Gasteiger partial charge in [0.25, 0.3) is 0 Å². The average Bonchev–Trinajstić information content (AvgIpc) is 2.91. The molecule has 1 atom stereocenters. The van der Waals surface area contributed by atoms with Gasteiger partial charge in [0.05, 0.1) is 0 Å². The Morgan fingerprint density at radius 3 is 2.00 bits per heavy atom. The second-order valence-electron chi connectivity index (χ2n) is 7.57. The lowest BCUT2D eigenvalue weighted by atomic mass is 9.88. The molecule has 136 valence electrons. The largest absolute Gasteiger partial charge is 0.449 e. The lowest BCUT2D eigenvalue weighted by Gasteiger charge is -2.28. The number of hydrogen-bond acceptors (Lipinski definition) is 3. The van der Waals surface area contributed by atoms with Crippen LogP contribution in [0.4, 0.5) is 4.79 Å². The zero-order chi connectivity index (χ0) is 18.9. The van der Waals surface area contributed by atoms with Gasteiger partial charge in [-0.05, 0) is 39.3 Å². The first-order chi connectivity index (χ1) is 12.3. The monoisotopic (exact) mass is 371 g/mol. The highest BCUT2D eigenvalue weighted by molar-refractivity contribution is 6.65. The molecule has 0 fully saturated rings. The van der Waals surface area contributed by atoms with Crippen LogP contribution in [-0.2, 0) is 9.53 Å². The first kappa shape index (κ1) is 18.5. The fraction of sp³-hybridized carbons (Fsp3) is 0.333. The zero-order valence-corrected chi connectivity index (χ0v) is 15.8. The summed E-state index contributed by atoms with van der Waals surface area (Å²) in [6, 6.07) is 15.4. The van der Waals surface area contributed by atoms with Crippen LogP contribution in [0.3, 0.4) is 0 Å². The Morgan fingerprint density at radius 1 is 1.04 bits per heavy atom. The Kier molecular flexibility index (Phi) is 5.05. The summed E-state index contributed by atoms with van der Waals surface area (Å²) in [5.74, 6) is -0.0204. The number of rotatable bonds is 4. The Labute approximate surface area is 158 Å². The van der Waals surface area contributed by atoms with Crippen molar-refractivity contribution in [3.05, 3.63) is 59.7 Å². The van der Waals surface area contributed by atoms with E-state index in [4.69, 9.17) is 16.3 Å². The molecule has 1 aliphatic rings. The van der Waals surface area contributed by atoms with Crippen LogP contribution in [0.1, 0.15) is 37.8 Å². The normalized spacial score (nSPS) is 14.3. The quantitative estimate of drug-likeness (QED) is 0.792. The highest BCUT2D eigenvalue weighted by atomic mass is 35.5. The van der Waals surface area contributed by atoms with Gasteiger partial charge in [0.2, 0.25) is 5.24 Å². The molecule has 0 aliphatic heterocycles. The molecular weight excluding hydrogens is 350 g/mol. The van der Waals surface area contributed by atoms with E-state index in [0.29, 0.717) is 0 Å². The molecule has 1 N–H and O–H groups in total. The van der Waals surface area contributed by atoms with Crippen molar-refractivity contribution in [2.24, 2.45) is 5.41 Å². The Balaban J connectivity index is 1.74. The number of carbonyl (C=O) groups excluding carboxylic acids is 2. The van der Waals surface area contributed by atoms with E-state index in [2.05, 4.69) is 29.6 Å². The molecule has 1 aliphatic carbocycles. The van der Waals surface area contributed by atoms with Crippen LogP contribution in [-0.4, -0.2) is 24.0 Å². The summed E-state index contributed by atoms with van der Waals surface area (Å²) in [6.07, 6.45) is -0.638. The molecule has 26 heavy (non-hydrogen) atoms. The van der Waals surface area contributed by atoms with E-state index in [0.717, 1.165) is 11.1 Å². The third kappa shape index (κ3) is 3.61. The standard InChI is InChI=1S/C21H22ClNO3/c1-21(2,3)18(19(22)24)23-20(25)26-12-17-15-10-6-4-8-13(15)14-9-5-7-11-16(14)17/h4-11,17-18H,12H2,1-3H3,(H,23,25). The number of nitrogens with one attached hydrogen (secondary N) is 1. The molecule has 0 saturated carbocycles. The van der Waals surface area contributed by atoms with Gasteiger partial charge in [0.1, 0.15) is 12.6 Å². The molecule has 4 nitrogen and oxygen atoms in total. The maximum atomic E-state index is 12.2. The zero-order valence-electron chi connectivity index (χ0n) is 15.1. The van der Waals surface area contributed by atoms with Gasteiger partial charge in [-0.25, -0.2) is 4.79 Å². The van der Waals surface area contributed by atoms with Crippen molar-refractivity contribution in [1.29, 1.82) is 0 Å². The van der Waals surface area contributed by atoms with Crippen LogP contribution in [0.2, 0.25) is 0 Å². The van der Waals surface area contributed by atoms with Crippen molar-refractivity contribution in [1.82, 2.24) is 5.32 Å². The minimum atomic E-state index is -0.806. The number of hydrogen-bond donors (Lipinski definition) is 1. The number of halogens is 1. The SMILES string of the molecule is CC(C)(C)C(NC(=O)OCC1c2ccccc2-c2ccccc21)C(=O)Cl. The van der Waals surface area contributed by atoms with Gasteiger partial charge in [-0.3, -0.25) is 4.79 Å². The number of amides is 1. The second kappa shape index (κ2) is 7.12. The van der Waals surface area contributed by atoms with E-state index in [1.807, 2.05) is 45.0 Å². The summed E-state index contributed by atoms with van der Waals surface area (Å²) in [6.45, 7) is 5.71. The van der Waals surface area contributed by atoms with E-state index >= 15 is 0 Å². The van der Waals surface area contributed by atoms with E-state index in [1.165, 1.54) is 11.1 Å². The Hall–Kier alpha value is -2.33. The molecule has 2 aromatic carbocycles. The second-order valence-corrected chi connectivity index (χ2v) is 7.95. The minimum Gasteiger partial charge on any atom is -0.449 e. The Morgan fingerprint density at radius 2 is 1.54 bits per heavy atom. The predicted molar refractivity (Wildman–Crippen MR) is 102 cm³/mol. The number of ether oxygens (including phenoxy) is 1. The molecule has 3 rings (SSSR count). The van der Waals surface area contributed by atoms with Gasteiger partial charge >= 0.3 is 6.09 Å². The smallest absolute Gasteiger partial charge is 0.407 e. The first-order valence-corrected chi connectivity index (χ1v) is 8.97. The summed E-state index contributed by atoms with van der Waals surface area (Å²) >= 11 is 5.62. The van der Waals surface area contributed by atoms with E-state index in [1.54, 1.807) is 0 Å². The van der Waals surface area contributed by atoms with Gasteiger partial charge in [-0.15, -0.1) is 0 Å². The first-order valence-electron chi connectivity index (χ1n) is 8.60.